The SMILES string of the molecule is CCCS(=O)(=O)N1CCCC1C(=O)N1CCCN(C(=O)c2ccccc2OC)CC1. The Balaban J connectivity index is 1.67. The second-order valence-electron chi connectivity index (χ2n) is 7.76. The molecule has 1 atom stereocenters. The van der Waals surface area contributed by atoms with Gasteiger partial charge in [-0.2, -0.15) is 4.31 Å². The third-order valence-electron chi connectivity index (χ3n) is 5.74. The van der Waals surface area contributed by atoms with Crippen molar-refractivity contribution < 1.29 is 22.7 Å². The van der Waals surface area contributed by atoms with E-state index in [1.54, 1.807) is 28.0 Å². The number of carbonyl (C=O) groups is 2. The Labute approximate surface area is 178 Å². The van der Waals surface area contributed by atoms with E-state index >= 15 is 0 Å². The summed E-state index contributed by atoms with van der Waals surface area (Å²) in [5.41, 5.74) is 0.507. The fourth-order valence-corrected chi connectivity index (χ4v) is 5.98. The zero-order valence-electron chi connectivity index (χ0n) is 17.7. The average molecular weight is 438 g/mol. The number of methoxy groups -OCH3 is 1. The number of rotatable bonds is 6. The van der Waals surface area contributed by atoms with Gasteiger partial charge in [0.2, 0.25) is 15.9 Å². The van der Waals surface area contributed by atoms with Crippen LogP contribution in [0.15, 0.2) is 24.3 Å². The van der Waals surface area contributed by atoms with Crippen molar-refractivity contribution in [3.63, 3.8) is 0 Å². The van der Waals surface area contributed by atoms with Crippen LogP contribution in [0.4, 0.5) is 0 Å². The van der Waals surface area contributed by atoms with Gasteiger partial charge in [0.25, 0.3) is 5.91 Å². The molecule has 2 fully saturated rings. The molecule has 2 heterocycles. The lowest BCUT2D eigenvalue weighted by atomic mass is 10.1. The van der Waals surface area contributed by atoms with Gasteiger partial charge in [-0.15, -0.1) is 0 Å². The van der Waals surface area contributed by atoms with Crippen LogP contribution < -0.4 is 4.74 Å². The van der Waals surface area contributed by atoms with Gasteiger partial charge in [-0.1, -0.05) is 19.1 Å². The van der Waals surface area contributed by atoms with Crippen molar-refractivity contribution in [2.24, 2.45) is 0 Å². The summed E-state index contributed by atoms with van der Waals surface area (Å²) in [6, 6.07) is 6.50. The van der Waals surface area contributed by atoms with Crippen LogP contribution >= 0.6 is 0 Å². The zero-order valence-corrected chi connectivity index (χ0v) is 18.6. The maximum atomic E-state index is 13.2. The Morgan fingerprint density at radius 3 is 2.47 bits per heavy atom. The molecule has 1 aromatic rings. The summed E-state index contributed by atoms with van der Waals surface area (Å²) in [4.78, 5) is 29.6. The van der Waals surface area contributed by atoms with Crippen LogP contribution in [0.25, 0.3) is 0 Å². The van der Waals surface area contributed by atoms with Crippen LogP contribution in [-0.2, 0) is 14.8 Å². The molecule has 8 nitrogen and oxygen atoms in total. The van der Waals surface area contributed by atoms with E-state index in [4.69, 9.17) is 4.74 Å². The second kappa shape index (κ2) is 9.78. The van der Waals surface area contributed by atoms with Crippen LogP contribution in [0.2, 0.25) is 0 Å². The Hall–Kier alpha value is -2.13. The molecule has 0 radical (unpaired) electrons. The highest BCUT2D eigenvalue weighted by atomic mass is 32.2. The van der Waals surface area contributed by atoms with Gasteiger partial charge in [0.1, 0.15) is 11.8 Å². The van der Waals surface area contributed by atoms with E-state index in [1.807, 2.05) is 13.0 Å². The highest BCUT2D eigenvalue weighted by Crippen LogP contribution is 2.25. The first-order valence-electron chi connectivity index (χ1n) is 10.6. The van der Waals surface area contributed by atoms with Crippen molar-refractivity contribution in [1.29, 1.82) is 0 Å². The Morgan fingerprint density at radius 2 is 1.73 bits per heavy atom. The van der Waals surface area contributed by atoms with Gasteiger partial charge < -0.3 is 14.5 Å². The highest BCUT2D eigenvalue weighted by Gasteiger charge is 2.40. The third-order valence-corrected chi connectivity index (χ3v) is 7.82. The lowest BCUT2D eigenvalue weighted by molar-refractivity contribution is -0.134. The van der Waals surface area contributed by atoms with Crippen LogP contribution in [0.3, 0.4) is 0 Å². The average Bonchev–Trinajstić information content (AvgIpc) is 3.12. The van der Waals surface area contributed by atoms with Crippen molar-refractivity contribution in [3.05, 3.63) is 29.8 Å². The van der Waals surface area contributed by atoms with Gasteiger partial charge in [-0.05, 0) is 37.8 Å². The van der Waals surface area contributed by atoms with E-state index in [2.05, 4.69) is 0 Å². The van der Waals surface area contributed by atoms with E-state index in [0.717, 1.165) is 0 Å². The molecule has 0 saturated carbocycles. The van der Waals surface area contributed by atoms with Gasteiger partial charge in [0.15, 0.2) is 0 Å². The van der Waals surface area contributed by atoms with E-state index in [-0.39, 0.29) is 17.6 Å². The summed E-state index contributed by atoms with van der Waals surface area (Å²) in [5, 5.41) is 0. The van der Waals surface area contributed by atoms with Crippen LogP contribution in [0.1, 0.15) is 43.0 Å². The monoisotopic (exact) mass is 437 g/mol. The minimum atomic E-state index is -3.41. The molecule has 2 aliphatic heterocycles. The topological polar surface area (TPSA) is 87.2 Å². The summed E-state index contributed by atoms with van der Waals surface area (Å²) >= 11 is 0. The van der Waals surface area contributed by atoms with Crippen molar-refractivity contribution >= 4 is 21.8 Å². The predicted molar refractivity (Wildman–Crippen MR) is 114 cm³/mol. The molecule has 9 heteroatoms. The molecule has 3 rings (SSSR count). The quantitative estimate of drug-likeness (QED) is 0.674. The Morgan fingerprint density at radius 1 is 1.03 bits per heavy atom. The third kappa shape index (κ3) is 4.78. The molecule has 166 valence electrons. The molecule has 2 saturated heterocycles. The van der Waals surface area contributed by atoms with E-state index in [0.29, 0.717) is 69.7 Å². The van der Waals surface area contributed by atoms with Crippen LogP contribution in [0.5, 0.6) is 5.75 Å². The number of carbonyl (C=O) groups excluding carboxylic acids is 2. The zero-order chi connectivity index (χ0) is 21.7. The number of hydrogen-bond acceptors (Lipinski definition) is 5. The molecule has 1 aromatic carbocycles. The standard InChI is InChI=1S/C21H31N3O5S/c1-3-16-30(27,28)24-13-6-9-18(24)21(26)23-12-7-11-22(14-15-23)20(25)17-8-4-5-10-19(17)29-2/h4-5,8,10,18H,3,6-7,9,11-16H2,1-2H3. The van der Waals surface area contributed by atoms with E-state index in [9.17, 15) is 18.0 Å². The molecule has 0 spiro atoms. The number of sulfonamides is 1. The second-order valence-corrected chi connectivity index (χ2v) is 9.80. The van der Waals surface area contributed by atoms with Crippen LogP contribution in [-0.4, -0.2) is 86.0 Å². The number of para-hydroxylation sites is 1. The van der Waals surface area contributed by atoms with Crippen LogP contribution in [0, 0.1) is 0 Å². The lowest BCUT2D eigenvalue weighted by Crippen LogP contribution is -2.49. The molecule has 0 aromatic heterocycles. The molecule has 2 aliphatic rings. The van der Waals surface area contributed by atoms with Gasteiger partial charge in [-0.25, -0.2) is 8.42 Å². The normalized spacial score (nSPS) is 20.8. The smallest absolute Gasteiger partial charge is 0.257 e. The minimum Gasteiger partial charge on any atom is -0.496 e. The molecule has 0 aliphatic carbocycles. The van der Waals surface area contributed by atoms with Gasteiger partial charge >= 0.3 is 0 Å². The molecule has 1 unspecified atom stereocenters. The van der Waals surface area contributed by atoms with Crippen molar-refractivity contribution in [3.8, 4) is 5.75 Å². The molecular weight excluding hydrogens is 406 g/mol. The minimum absolute atomic E-state index is 0.0674. The maximum absolute atomic E-state index is 13.2. The fourth-order valence-electron chi connectivity index (χ4n) is 4.24. The molecule has 0 N–H and O–H groups in total. The number of hydrogen-bond donors (Lipinski definition) is 0. The fraction of sp³-hybridized carbons (Fsp3) is 0.619. The summed E-state index contributed by atoms with van der Waals surface area (Å²) in [7, 11) is -1.88. The summed E-state index contributed by atoms with van der Waals surface area (Å²) in [6.07, 6.45) is 2.44. The van der Waals surface area contributed by atoms with Crippen molar-refractivity contribution in [2.75, 3.05) is 45.6 Å². The molecule has 2 amide bonds. The number of benzene rings is 1. The number of amides is 2. The van der Waals surface area contributed by atoms with Crippen molar-refractivity contribution in [2.45, 2.75) is 38.6 Å². The predicted octanol–water partition coefficient (Wildman–Crippen LogP) is 1.57. The molecular formula is C21H31N3O5S. The lowest BCUT2D eigenvalue weighted by Gasteiger charge is -2.29. The highest BCUT2D eigenvalue weighted by molar-refractivity contribution is 7.89. The van der Waals surface area contributed by atoms with E-state index in [1.165, 1.54) is 11.4 Å². The summed E-state index contributed by atoms with van der Waals surface area (Å²) in [5.74, 6) is 0.341. The van der Waals surface area contributed by atoms with Crippen molar-refractivity contribution in [1.82, 2.24) is 14.1 Å². The van der Waals surface area contributed by atoms with Gasteiger partial charge in [-0.3, -0.25) is 9.59 Å². The molecule has 30 heavy (non-hydrogen) atoms. The number of ether oxygens (including phenoxy) is 1. The Bertz CT molecular complexity index is 873. The first-order chi connectivity index (χ1) is 14.4. The summed E-state index contributed by atoms with van der Waals surface area (Å²) < 4.78 is 31.8. The first-order valence-corrected chi connectivity index (χ1v) is 12.2. The first kappa shape index (κ1) is 22.6. The van der Waals surface area contributed by atoms with E-state index < -0.39 is 16.1 Å². The molecule has 0 bridgehead atoms. The summed E-state index contributed by atoms with van der Waals surface area (Å²) in [6.45, 7) is 4.11. The largest absolute Gasteiger partial charge is 0.496 e. The number of nitrogens with zero attached hydrogens (tertiary/aromatic N) is 3. The maximum Gasteiger partial charge on any atom is 0.257 e. The Kier molecular flexibility index (Phi) is 7.36. The van der Waals surface area contributed by atoms with Gasteiger partial charge in [0, 0.05) is 32.7 Å². The van der Waals surface area contributed by atoms with Gasteiger partial charge in [0.05, 0.1) is 18.4 Å².